The lowest BCUT2D eigenvalue weighted by molar-refractivity contribution is -0.170. The number of nitrogens with zero attached hydrogens (tertiary/aromatic N) is 2. The minimum atomic E-state index is -0.333. The summed E-state index contributed by atoms with van der Waals surface area (Å²) < 4.78 is 6.00. The molecule has 0 spiro atoms. The Morgan fingerprint density at radius 1 is 1.38 bits per heavy atom. The molecule has 2 amide bonds. The summed E-state index contributed by atoms with van der Waals surface area (Å²) in [5.41, 5.74) is -0.666. The quantitative estimate of drug-likeness (QED) is 0.913. The molecule has 0 bridgehead atoms. The zero-order valence-electron chi connectivity index (χ0n) is 13.7. The molecule has 2 rings (SSSR count). The number of rotatable bonds is 2. The van der Waals surface area contributed by atoms with E-state index in [1.54, 1.807) is 11.3 Å². The smallest absolute Gasteiger partial charge is 0.318 e. The first kappa shape index (κ1) is 16.2. The summed E-state index contributed by atoms with van der Waals surface area (Å²) in [6.07, 6.45) is 1.84. The maximum atomic E-state index is 12.5. The van der Waals surface area contributed by atoms with Gasteiger partial charge in [0.2, 0.25) is 0 Å². The molecule has 1 aliphatic heterocycles. The van der Waals surface area contributed by atoms with Gasteiger partial charge in [-0.15, -0.1) is 11.3 Å². The molecule has 0 aromatic carbocycles. The number of aromatic nitrogens is 1. The first-order chi connectivity index (χ1) is 9.58. The van der Waals surface area contributed by atoms with Gasteiger partial charge in [0.1, 0.15) is 5.01 Å². The number of hydrogen-bond donors (Lipinski definition) is 1. The van der Waals surface area contributed by atoms with Crippen LogP contribution in [0.1, 0.15) is 50.5 Å². The zero-order chi connectivity index (χ0) is 15.8. The Balaban J connectivity index is 2.02. The summed E-state index contributed by atoms with van der Waals surface area (Å²) >= 11 is 1.62. The lowest BCUT2D eigenvalue weighted by Crippen LogP contribution is -2.60. The van der Waals surface area contributed by atoms with E-state index in [4.69, 9.17) is 4.74 Å². The number of nitrogens with one attached hydrogen (secondary N) is 1. The molecule has 5 nitrogen and oxygen atoms in total. The second-order valence-electron chi connectivity index (χ2n) is 6.96. The number of hydrogen-bond acceptors (Lipinski definition) is 4. The SMILES string of the molecule is Cc1cnc([C@@H](C)NC(=O)N2CC(C)(C)OC(C)(C)C2)s1. The Morgan fingerprint density at radius 2 is 1.95 bits per heavy atom. The van der Waals surface area contributed by atoms with Gasteiger partial charge in [0.15, 0.2) is 0 Å². The van der Waals surface area contributed by atoms with Gasteiger partial charge in [-0.25, -0.2) is 9.78 Å². The van der Waals surface area contributed by atoms with Crippen LogP contribution in [0.3, 0.4) is 0 Å². The number of carbonyl (C=O) groups is 1. The predicted octanol–water partition coefficient (Wildman–Crippen LogP) is 3.11. The van der Waals surface area contributed by atoms with Crippen molar-refractivity contribution in [2.75, 3.05) is 13.1 Å². The molecule has 1 N–H and O–H groups in total. The number of aryl methyl sites for hydroxylation is 1. The van der Waals surface area contributed by atoms with Gasteiger partial charge in [0.05, 0.1) is 30.3 Å². The Bertz CT molecular complexity index is 509. The fourth-order valence-electron chi connectivity index (χ4n) is 2.84. The van der Waals surface area contributed by atoms with Crippen LogP contribution in [0.4, 0.5) is 4.79 Å². The molecule has 0 radical (unpaired) electrons. The van der Waals surface area contributed by atoms with Crippen LogP contribution in [-0.4, -0.2) is 40.2 Å². The van der Waals surface area contributed by atoms with Gasteiger partial charge in [0, 0.05) is 11.1 Å². The Labute approximate surface area is 130 Å². The minimum Gasteiger partial charge on any atom is -0.366 e. The number of carbonyl (C=O) groups excluding carboxylic acids is 1. The van der Waals surface area contributed by atoms with E-state index >= 15 is 0 Å². The summed E-state index contributed by atoms with van der Waals surface area (Å²) in [5.74, 6) is 0. The molecule has 1 fully saturated rings. The lowest BCUT2D eigenvalue weighted by Gasteiger charge is -2.47. The highest BCUT2D eigenvalue weighted by molar-refractivity contribution is 7.11. The second-order valence-corrected chi connectivity index (χ2v) is 8.22. The molecule has 0 unspecified atom stereocenters. The molecule has 1 atom stereocenters. The Hall–Kier alpha value is -1.14. The van der Waals surface area contributed by atoms with E-state index in [0.29, 0.717) is 13.1 Å². The minimum absolute atomic E-state index is 0.0557. The summed E-state index contributed by atoms with van der Waals surface area (Å²) in [6, 6.07) is -0.134. The molecule has 118 valence electrons. The Morgan fingerprint density at radius 3 is 2.43 bits per heavy atom. The van der Waals surface area contributed by atoms with Crippen molar-refractivity contribution in [3.8, 4) is 0 Å². The van der Waals surface area contributed by atoms with Crippen LogP contribution in [0.5, 0.6) is 0 Å². The molecular weight excluding hydrogens is 286 g/mol. The van der Waals surface area contributed by atoms with Crippen molar-refractivity contribution < 1.29 is 9.53 Å². The fourth-order valence-corrected chi connectivity index (χ4v) is 3.62. The van der Waals surface area contributed by atoms with Crippen LogP contribution in [0, 0.1) is 6.92 Å². The highest BCUT2D eigenvalue weighted by Crippen LogP contribution is 2.28. The summed E-state index contributed by atoms with van der Waals surface area (Å²) in [5, 5.41) is 3.97. The van der Waals surface area contributed by atoms with E-state index in [9.17, 15) is 4.79 Å². The van der Waals surface area contributed by atoms with Gasteiger partial charge >= 0.3 is 6.03 Å². The third-order valence-corrected chi connectivity index (χ3v) is 4.43. The molecule has 1 aromatic rings. The lowest BCUT2D eigenvalue weighted by atomic mass is 9.99. The molecule has 6 heteroatoms. The van der Waals surface area contributed by atoms with Crippen molar-refractivity contribution >= 4 is 17.4 Å². The molecule has 1 saturated heterocycles. The number of urea groups is 1. The predicted molar refractivity (Wildman–Crippen MR) is 84.6 cm³/mol. The Kier molecular flexibility index (Phi) is 4.31. The first-order valence-corrected chi connectivity index (χ1v) is 8.08. The van der Waals surface area contributed by atoms with Crippen LogP contribution in [0.2, 0.25) is 0 Å². The van der Waals surface area contributed by atoms with Crippen molar-refractivity contribution in [2.45, 2.75) is 58.8 Å². The summed E-state index contributed by atoms with van der Waals surface area (Å²) in [7, 11) is 0. The van der Waals surface area contributed by atoms with E-state index in [-0.39, 0.29) is 23.3 Å². The number of ether oxygens (including phenoxy) is 1. The van der Waals surface area contributed by atoms with E-state index < -0.39 is 0 Å². The third-order valence-electron chi connectivity index (χ3n) is 3.33. The third kappa shape index (κ3) is 4.17. The van der Waals surface area contributed by atoms with Gasteiger partial charge in [-0.3, -0.25) is 0 Å². The average molecular weight is 311 g/mol. The molecule has 21 heavy (non-hydrogen) atoms. The van der Waals surface area contributed by atoms with Crippen molar-refractivity contribution in [3.63, 3.8) is 0 Å². The number of amides is 2. The highest BCUT2D eigenvalue weighted by atomic mass is 32.1. The van der Waals surface area contributed by atoms with Gasteiger partial charge in [0.25, 0.3) is 0 Å². The molecular formula is C15H25N3O2S. The van der Waals surface area contributed by atoms with E-state index in [1.165, 1.54) is 0 Å². The maximum Gasteiger partial charge on any atom is 0.318 e. The van der Waals surface area contributed by atoms with Crippen LogP contribution in [0.25, 0.3) is 0 Å². The molecule has 0 saturated carbocycles. The number of morpholine rings is 1. The zero-order valence-corrected chi connectivity index (χ0v) is 14.5. The normalized spacial score (nSPS) is 21.9. The van der Waals surface area contributed by atoms with Crippen molar-refractivity contribution in [1.82, 2.24) is 15.2 Å². The van der Waals surface area contributed by atoms with Crippen molar-refractivity contribution in [2.24, 2.45) is 0 Å². The highest BCUT2D eigenvalue weighted by Gasteiger charge is 2.40. The maximum absolute atomic E-state index is 12.5. The van der Waals surface area contributed by atoms with Gasteiger partial charge in [-0.1, -0.05) is 0 Å². The van der Waals surface area contributed by atoms with Gasteiger partial charge in [-0.2, -0.15) is 0 Å². The largest absolute Gasteiger partial charge is 0.366 e. The summed E-state index contributed by atoms with van der Waals surface area (Å²) in [4.78, 5) is 19.8. The van der Waals surface area contributed by atoms with Gasteiger partial charge < -0.3 is 15.0 Å². The molecule has 1 aromatic heterocycles. The standard InChI is InChI=1S/C15H25N3O2S/c1-10-7-16-12(21-10)11(2)17-13(19)18-8-14(3,4)20-15(5,6)9-18/h7,11H,8-9H2,1-6H3,(H,17,19)/t11-/m1/s1. The van der Waals surface area contributed by atoms with E-state index in [0.717, 1.165) is 9.88 Å². The molecule has 0 aliphatic carbocycles. The van der Waals surface area contributed by atoms with E-state index in [2.05, 4.69) is 10.3 Å². The first-order valence-electron chi connectivity index (χ1n) is 7.26. The van der Waals surface area contributed by atoms with Crippen LogP contribution < -0.4 is 5.32 Å². The van der Waals surface area contributed by atoms with E-state index in [1.807, 2.05) is 52.6 Å². The van der Waals surface area contributed by atoms with Crippen molar-refractivity contribution in [3.05, 3.63) is 16.1 Å². The van der Waals surface area contributed by atoms with Crippen LogP contribution in [-0.2, 0) is 4.74 Å². The van der Waals surface area contributed by atoms with Crippen LogP contribution in [0.15, 0.2) is 6.20 Å². The molecule has 1 aliphatic rings. The van der Waals surface area contributed by atoms with Gasteiger partial charge in [-0.05, 0) is 41.5 Å². The monoisotopic (exact) mass is 311 g/mol. The van der Waals surface area contributed by atoms with Crippen LogP contribution >= 0.6 is 11.3 Å². The number of thiazole rings is 1. The summed E-state index contributed by atoms with van der Waals surface area (Å²) in [6.45, 7) is 13.2. The fraction of sp³-hybridized carbons (Fsp3) is 0.733. The van der Waals surface area contributed by atoms with Crippen molar-refractivity contribution in [1.29, 1.82) is 0 Å². The average Bonchev–Trinajstić information content (AvgIpc) is 2.71. The molecule has 2 heterocycles. The second kappa shape index (κ2) is 5.57. The topological polar surface area (TPSA) is 54.5 Å².